The molecule has 102 valence electrons. The molecule has 19 heavy (non-hydrogen) atoms. The van der Waals surface area contributed by atoms with Crippen LogP contribution < -0.4 is 11.2 Å². The van der Waals surface area contributed by atoms with Crippen molar-refractivity contribution in [3.05, 3.63) is 41.5 Å². The van der Waals surface area contributed by atoms with Gasteiger partial charge in [0.2, 0.25) is 0 Å². The fourth-order valence-electron chi connectivity index (χ4n) is 1.78. The van der Waals surface area contributed by atoms with E-state index in [-0.39, 0.29) is 5.91 Å². The van der Waals surface area contributed by atoms with Gasteiger partial charge in [0, 0.05) is 37.3 Å². The Morgan fingerprint density at radius 2 is 2.16 bits per heavy atom. The van der Waals surface area contributed by atoms with Gasteiger partial charge in [-0.1, -0.05) is 12.1 Å². The Balaban J connectivity index is 2.10. The number of hydrogen-bond acceptors (Lipinski definition) is 5. The maximum atomic E-state index is 12.0. The van der Waals surface area contributed by atoms with Crippen LogP contribution in [0.2, 0.25) is 0 Å². The lowest BCUT2D eigenvalue weighted by Crippen LogP contribution is -2.31. The molecule has 1 aliphatic heterocycles. The molecule has 1 aromatic carbocycles. The molecule has 2 rings (SSSR count). The molecule has 0 aromatic heterocycles. The van der Waals surface area contributed by atoms with Crippen LogP contribution in [0.3, 0.4) is 0 Å². The predicted molar refractivity (Wildman–Crippen MR) is 70.7 cm³/mol. The van der Waals surface area contributed by atoms with Gasteiger partial charge in [-0.05, 0) is 12.1 Å². The summed E-state index contributed by atoms with van der Waals surface area (Å²) >= 11 is 0. The van der Waals surface area contributed by atoms with Gasteiger partial charge in [0.1, 0.15) is 0 Å². The average Bonchev–Trinajstić information content (AvgIpc) is 2.85. The largest absolute Gasteiger partial charge is 0.405 e. The van der Waals surface area contributed by atoms with Crippen LogP contribution in [0.5, 0.6) is 0 Å². The van der Waals surface area contributed by atoms with Crippen molar-refractivity contribution < 1.29 is 14.7 Å². The zero-order valence-electron chi connectivity index (χ0n) is 10.7. The molecule has 1 heterocycles. The molecule has 4 N–H and O–H groups in total. The van der Waals surface area contributed by atoms with Gasteiger partial charge in [0.05, 0.1) is 0 Å². The van der Waals surface area contributed by atoms with Gasteiger partial charge in [-0.3, -0.25) is 4.79 Å². The van der Waals surface area contributed by atoms with E-state index in [1.54, 1.807) is 42.3 Å². The molecular formula is C13H17N3O3. The van der Waals surface area contributed by atoms with Gasteiger partial charge in [-0.2, -0.15) is 0 Å². The zero-order valence-corrected chi connectivity index (χ0v) is 10.7. The summed E-state index contributed by atoms with van der Waals surface area (Å²) in [6.45, 7) is 0.954. The van der Waals surface area contributed by atoms with Crippen molar-refractivity contribution in [3.63, 3.8) is 0 Å². The van der Waals surface area contributed by atoms with Crippen LogP contribution in [0.4, 0.5) is 0 Å². The Labute approximate surface area is 111 Å². The van der Waals surface area contributed by atoms with Gasteiger partial charge in [0.25, 0.3) is 5.91 Å². The highest BCUT2D eigenvalue weighted by Crippen LogP contribution is 2.20. The summed E-state index contributed by atoms with van der Waals surface area (Å²) in [6, 6.07) is 6.99. The van der Waals surface area contributed by atoms with E-state index >= 15 is 0 Å². The maximum Gasteiger partial charge on any atom is 0.253 e. The lowest BCUT2D eigenvalue weighted by molar-refractivity contribution is 0.0566. The number of hydrogen-bond donors (Lipinski definition) is 3. The SMILES string of the molecule is CN(CCN)C(=O)c1ccc(C2=CC(O)NO2)cc1. The number of hydroxylamine groups is 1. The zero-order chi connectivity index (χ0) is 13.8. The Hall–Kier alpha value is -1.89. The number of carbonyl (C=O) groups is 1. The molecule has 1 aliphatic rings. The summed E-state index contributed by atoms with van der Waals surface area (Å²) in [5.74, 6) is 0.471. The fourth-order valence-corrected chi connectivity index (χ4v) is 1.78. The van der Waals surface area contributed by atoms with Gasteiger partial charge < -0.3 is 20.6 Å². The third-order valence-electron chi connectivity index (χ3n) is 2.83. The number of nitrogens with zero attached hydrogens (tertiary/aromatic N) is 1. The molecule has 0 radical (unpaired) electrons. The summed E-state index contributed by atoms with van der Waals surface area (Å²) in [6.07, 6.45) is 0.754. The number of carbonyl (C=O) groups excluding carboxylic acids is 1. The number of likely N-dealkylation sites (N-methyl/N-ethyl adjacent to an activating group) is 1. The Morgan fingerprint density at radius 3 is 2.68 bits per heavy atom. The van der Waals surface area contributed by atoms with E-state index < -0.39 is 6.23 Å². The first-order valence-electron chi connectivity index (χ1n) is 6.00. The van der Waals surface area contributed by atoms with Gasteiger partial charge in [0.15, 0.2) is 12.0 Å². The highest BCUT2D eigenvalue weighted by molar-refractivity contribution is 5.94. The number of aliphatic hydroxyl groups excluding tert-OH is 1. The average molecular weight is 263 g/mol. The second-order valence-corrected chi connectivity index (χ2v) is 4.29. The molecular weight excluding hydrogens is 246 g/mol. The Kier molecular flexibility index (Phi) is 4.16. The van der Waals surface area contributed by atoms with E-state index in [0.717, 1.165) is 5.56 Å². The van der Waals surface area contributed by atoms with Crippen LogP contribution in [0.1, 0.15) is 15.9 Å². The summed E-state index contributed by atoms with van der Waals surface area (Å²) in [4.78, 5) is 18.7. The highest BCUT2D eigenvalue weighted by atomic mass is 16.7. The Morgan fingerprint density at radius 1 is 1.47 bits per heavy atom. The van der Waals surface area contributed by atoms with E-state index in [0.29, 0.717) is 24.4 Å². The van der Waals surface area contributed by atoms with Crippen molar-refractivity contribution in [1.82, 2.24) is 10.4 Å². The van der Waals surface area contributed by atoms with Crippen molar-refractivity contribution in [2.75, 3.05) is 20.1 Å². The third-order valence-corrected chi connectivity index (χ3v) is 2.83. The smallest absolute Gasteiger partial charge is 0.253 e. The molecule has 1 unspecified atom stereocenters. The van der Waals surface area contributed by atoms with Crippen LogP contribution in [0, 0.1) is 0 Å². The van der Waals surface area contributed by atoms with E-state index in [9.17, 15) is 9.90 Å². The molecule has 0 saturated heterocycles. The minimum Gasteiger partial charge on any atom is -0.405 e. The Bertz CT molecular complexity index is 484. The second kappa shape index (κ2) is 5.83. The summed E-state index contributed by atoms with van der Waals surface area (Å²) in [5.41, 5.74) is 9.21. The number of rotatable bonds is 4. The van der Waals surface area contributed by atoms with Crippen molar-refractivity contribution in [2.45, 2.75) is 6.23 Å². The normalized spacial score (nSPS) is 17.8. The molecule has 0 saturated carbocycles. The summed E-state index contributed by atoms with van der Waals surface area (Å²) < 4.78 is 0. The van der Waals surface area contributed by atoms with Crippen molar-refractivity contribution >= 4 is 11.7 Å². The topological polar surface area (TPSA) is 87.8 Å². The predicted octanol–water partition coefficient (Wildman–Crippen LogP) is -0.0886. The van der Waals surface area contributed by atoms with Crippen LogP contribution >= 0.6 is 0 Å². The van der Waals surface area contributed by atoms with Gasteiger partial charge >= 0.3 is 0 Å². The summed E-state index contributed by atoms with van der Waals surface area (Å²) in [5, 5.41) is 9.25. The fraction of sp³-hybridized carbons (Fsp3) is 0.308. The van der Waals surface area contributed by atoms with E-state index in [1.807, 2.05) is 0 Å². The number of nitrogens with two attached hydrogens (primary N) is 1. The van der Waals surface area contributed by atoms with E-state index in [4.69, 9.17) is 10.6 Å². The molecule has 6 nitrogen and oxygen atoms in total. The van der Waals surface area contributed by atoms with Crippen molar-refractivity contribution in [2.24, 2.45) is 5.73 Å². The van der Waals surface area contributed by atoms with Crippen LogP contribution in [0.15, 0.2) is 30.3 Å². The molecule has 6 heteroatoms. The quantitative estimate of drug-likeness (QED) is 0.706. The molecule has 1 amide bonds. The van der Waals surface area contributed by atoms with Gasteiger partial charge in [-0.15, -0.1) is 5.48 Å². The first-order chi connectivity index (χ1) is 9.11. The lowest BCUT2D eigenvalue weighted by Gasteiger charge is -2.16. The summed E-state index contributed by atoms with van der Waals surface area (Å²) in [7, 11) is 1.71. The minimum atomic E-state index is -0.799. The molecule has 0 aliphatic carbocycles. The number of benzene rings is 1. The minimum absolute atomic E-state index is 0.0727. The molecule has 0 fully saturated rings. The third kappa shape index (κ3) is 3.11. The van der Waals surface area contributed by atoms with Crippen molar-refractivity contribution in [1.29, 1.82) is 0 Å². The molecule has 1 atom stereocenters. The molecule has 0 bridgehead atoms. The number of aliphatic hydroxyl groups is 1. The standard InChI is InChI=1S/C13H17N3O3/c1-16(7-6-14)13(18)10-4-2-9(3-5-10)11-8-12(17)15-19-11/h2-5,8,12,15,17H,6-7,14H2,1H3. The van der Waals surface area contributed by atoms with Gasteiger partial charge in [-0.25, -0.2) is 0 Å². The number of amides is 1. The van der Waals surface area contributed by atoms with Crippen LogP contribution in [0.25, 0.3) is 5.76 Å². The van der Waals surface area contributed by atoms with E-state index in [1.165, 1.54) is 0 Å². The maximum absolute atomic E-state index is 12.0. The lowest BCUT2D eigenvalue weighted by atomic mass is 10.1. The first-order valence-corrected chi connectivity index (χ1v) is 6.00. The monoisotopic (exact) mass is 263 g/mol. The van der Waals surface area contributed by atoms with Crippen molar-refractivity contribution in [3.8, 4) is 0 Å². The second-order valence-electron chi connectivity index (χ2n) is 4.29. The van der Waals surface area contributed by atoms with E-state index in [2.05, 4.69) is 5.48 Å². The molecule has 1 aromatic rings. The van der Waals surface area contributed by atoms with Crippen LogP contribution in [-0.4, -0.2) is 42.3 Å². The highest BCUT2D eigenvalue weighted by Gasteiger charge is 2.16. The van der Waals surface area contributed by atoms with Crippen LogP contribution in [-0.2, 0) is 4.84 Å². The number of nitrogens with one attached hydrogen (secondary N) is 1. The first kappa shape index (κ1) is 13.5. The molecule has 0 spiro atoms.